The van der Waals surface area contributed by atoms with E-state index in [-0.39, 0.29) is 0 Å². The molecule has 0 saturated heterocycles. The summed E-state index contributed by atoms with van der Waals surface area (Å²) < 4.78 is 2.40. The predicted octanol–water partition coefficient (Wildman–Crippen LogP) is 4.48. The Bertz CT molecular complexity index is 361. The number of hydrogen-bond donors (Lipinski definition) is 0. The van der Waals surface area contributed by atoms with E-state index >= 15 is 0 Å². The van der Waals surface area contributed by atoms with Gasteiger partial charge in [0.2, 0.25) is 5.16 Å². The van der Waals surface area contributed by atoms with Crippen LogP contribution in [0, 0.1) is 0 Å². The molecule has 0 saturated carbocycles. The first kappa shape index (κ1) is 15.9. The summed E-state index contributed by atoms with van der Waals surface area (Å²) in [6.07, 6.45) is 6.14. The molecular formula is C13H25N3S2. The van der Waals surface area contributed by atoms with Crippen LogP contribution in [-0.2, 0) is 13.5 Å². The van der Waals surface area contributed by atoms with Crippen LogP contribution in [0.15, 0.2) is 5.16 Å². The second-order valence-electron chi connectivity index (χ2n) is 5.19. The molecule has 0 bridgehead atoms. The zero-order valence-electron chi connectivity index (χ0n) is 12.2. The average Bonchev–Trinajstić information content (AvgIpc) is 2.68. The SMILES string of the molecule is CCCCCC(C)(C)SSc1nnc(CC)n1C. The molecule has 0 aliphatic carbocycles. The van der Waals surface area contributed by atoms with E-state index in [0.29, 0.717) is 4.75 Å². The van der Waals surface area contributed by atoms with Crippen LogP contribution < -0.4 is 0 Å². The number of unbranched alkanes of at least 4 members (excludes halogenated alkanes) is 2. The average molecular weight is 287 g/mol. The molecule has 0 radical (unpaired) electrons. The van der Waals surface area contributed by atoms with Gasteiger partial charge in [-0.25, -0.2) is 0 Å². The van der Waals surface area contributed by atoms with E-state index in [9.17, 15) is 0 Å². The Kier molecular flexibility index (Phi) is 6.57. The Morgan fingerprint density at radius 3 is 2.44 bits per heavy atom. The van der Waals surface area contributed by atoms with Gasteiger partial charge in [-0.3, -0.25) is 0 Å². The van der Waals surface area contributed by atoms with Crippen LogP contribution in [0.4, 0.5) is 0 Å². The van der Waals surface area contributed by atoms with Crippen molar-refractivity contribution in [2.24, 2.45) is 7.05 Å². The molecule has 18 heavy (non-hydrogen) atoms. The summed E-state index contributed by atoms with van der Waals surface area (Å²) in [6, 6.07) is 0. The quantitative estimate of drug-likeness (QED) is 0.521. The maximum atomic E-state index is 4.24. The van der Waals surface area contributed by atoms with Gasteiger partial charge in [0, 0.05) is 18.2 Å². The molecule has 5 heteroatoms. The second kappa shape index (κ2) is 7.43. The van der Waals surface area contributed by atoms with Gasteiger partial charge in [0.05, 0.1) is 0 Å². The molecular weight excluding hydrogens is 262 g/mol. The number of rotatable bonds is 8. The fraction of sp³-hybridized carbons (Fsp3) is 0.846. The van der Waals surface area contributed by atoms with Crippen molar-refractivity contribution < 1.29 is 0 Å². The molecule has 1 heterocycles. The van der Waals surface area contributed by atoms with Gasteiger partial charge in [0.25, 0.3) is 0 Å². The van der Waals surface area contributed by atoms with Crippen molar-refractivity contribution in [1.29, 1.82) is 0 Å². The van der Waals surface area contributed by atoms with Crippen molar-refractivity contribution in [2.45, 2.75) is 69.7 Å². The number of hydrogen-bond acceptors (Lipinski definition) is 4. The number of nitrogens with zero attached hydrogens (tertiary/aromatic N) is 3. The summed E-state index contributed by atoms with van der Waals surface area (Å²) in [6.45, 7) is 9.00. The summed E-state index contributed by atoms with van der Waals surface area (Å²) >= 11 is 0. The highest BCUT2D eigenvalue weighted by molar-refractivity contribution is 8.77. The molecule has 0 atom stereocenters. The maximum Gasteiger partial charge on any atom is 0.201 e. The van der Waals surface area contributed by atoms with Crippen LogP contribution in [0.25, 0.3) is 0 Å². The minimum Gasteiger partial charge on any atom is -0.308 e. The molecule has 3 nitrogen and oxygen atoms in total. The van der Waals surface area contributed by atoms with Crippen LogP contribution in [0.5, 0.6) is 0 Å². The Balaban J connectivity index is 2.45. The smallest absolute Gasteiger partial charge is 0.201 e. The summed E-state index contributed by atoms with van der Waals surface area (Å²) in [4.78, 5) is 0. The predicted molar refractivity (Wildman–Crippen MR) is 82.1 cm³/mol. The lowest BCUT2D eigenvalue weighted by Crippen LogP contribution is -2.12. The highest BCUT2D eigenvalue weighted by Gasteiger charge is 2.20. The largest absolute Gasteiger partial charge is 0.308 e. The normalized spacial score (nSPS) is 12.1. The van der Waals surface area contributed by atoms with Crippen LogP contribution in [0.2, 0.25) is 0 Å². The Morgan fingerprint density at radius 2 is 1.89 bits per heavy atom. The first-order chi connectivity index (χ1) is 8.50. The van der Waals surface area contributed by atoms with Gasteiger partial charge >= 0.3 is 0 Å². The third-order valence-electron chi connectivity index (χ3n) is 2.97. The molecule has 0 aliphatic heterocycles. The summed E-state index contributed by atoms with van der Waals surface area (Å²) in [5, 5.41) is 9.44. The summed E-state index contributed by atoms with van der Waals surface area (Å²) in [5.41, 5.74) is 0. The molecule has 0 unspecified atom stereocenters. The highest BCUT2D eigenvalue weighted by atomic mass is 33.1. The minimum absolute atomic E-state index is 0.304. The van der Waals surface area contributed by atoms with Crippen LogP contribution in [-0.4, -0.2) is 19.5 Å². The Labute approximate surface area is 119 Å². The molecule has 1 aromatic heterocycles. The molecule has 0 fully saturated rings. The third-order valence-corrected chi connectivity index (χ3v) is 6.26. The molecule has 0 amide bonds. The van der Waals surface area contributed by atoms with E-state index < -0.39 is 0 Å². The number of aromatic nitrogens is 3. The zero-order valence-corrected chi connectivity index (χ0v) is 13.8. The number of aryl methyl sites for hydroxylation is 1. The standard InChI is InChI=1S/C13H25N3S2/c1-6-8-9-10-13(3,4)18-17-12-15-14-11(7-2)16(12)5/h6-10H2,1-5H3. The first-order valence-electron chi connectivity index (χ1n) is 6.74. The molecule has 1 aromatic rings. The van der Waals surface area contributed by atoms with E-state index in [2.05, 4.69) is 42.5 Å². The molecule has 0 spiro atoms. The second-order valence-corrected chi connectivity index (χ2v) is 8.00. The fourth-order valence-electron chi connectivity index (χ4n) is 1.72. The van der Waals surface area contributed by atoms with Gasteiger partial charge in [-0.05, 0) is 31.1 Å². The third kappa shape index (κ3) is 4.84. The van der Waals surface area contributed by atoms with Gasteiger partial charge < -0.3 is 4.57 Å². The van der Waals surface area contributed by atoms with Gasteiger partial charge in [0.15, 0.2) is 0 Å². The fourth-order valence-corrected chi connectivity index (χ4v) is 4.12. The Morgan fingerprint density at radius 1 is 1.17 bits per heavy atom. The van der Waals surface area contributed by atoms with E-state index in [1.807, 2.05) is 17.8 Å². The van der Waals surface area contributed by atoms with Crippen LogP contribution in [0.1, 0.15) is 59.2 Å². The monoisotopic (exact) mass is 287 g/mol. The van der Waals surface area contributed by atoms with Crippen molar-refractivity contribution in [2.75, 3.05) is 0 Å². The lowest BCUT2D eigenvalue weighted by atomic mass is 10.0. The molecule has 0 aromatic carbocycles. The topological polar surface area (TPSA) is 30.7 Å². The van der Waals surface area contributed by atoms with Crippen LogP contribution >= 0.6 is 21.6 Å². The summed E-state index contributed by atoms with van der Waals surface area (Å²) in [5.74, 6) is 1.06. The lowest BCUT2D eigenvalue weighted by molar-refractivity contribution is 0.575. The van der Waals surface area contributed by atoms with E-state index in [1.165, 1.54) is 25.7 Å². The molecule has 1 rings (SSSR count). The van der Waals surface area contributed by atoms with Gasteiger partial charge in [-0.2, -0.15) is 0 Å². The first-order valence-corrected chi connectivity index (χ1v) is 8.89. The molecule has 0 aliphatic rings. The molecule has 104 valence electrons. The maximum absolute atomic E-state index is 4.24. The van der Waals surface area contributed by atoms with Gasteiger partial charge in [-0.1, -0.05) is 43.9 Å². The van der Waals surface area contributed by atoms with Gasteiger partial charge in [-0.15, -0.1) is 10.2 Å². The van der Waals surface area contributed by atoms with E-state index in [4.69, 9.17) is 0 Å². The van der Waals surface area contributed by atoms with Crippen molar-refractivity contribution in [3.05, 3.63) is 5.82 Å². The lowest BCUT2D eigenvalue weighted by Gasteiger charge is -2.22. The molecule has 0 N–H and O–H groups in total. The van der Waals surface area contributed by atoms with Crippen molar-refractivity contribution in [3.63, 3.8) is 0 Å². The summed E-state index contributed by atoms with van der Waals surface area (Å²) in [7, 11) is 5.72. The van der Waals surface area contributed by atoms with Gasteiger partial charge in [0.1, 0.15) is 5.82 Å². The van der Waals surface area contributed by atoms with Crippen molar-refractivity contribution >= 4 is 21.6 Å². The van der Waals surface area contributed by atoms with Crippen molar-refractivity contribution in [1.82, 2.24) is 14.8 Å². The van der Waals surface area contributed by atoms with Crippen molar-refractivity contribution in [3.8, 4) is 0 Å². The van der Waals surface area contributed by atoms with E-state index in [1.54, 1.807) is 10.8 Å². The van der Waals surface area contributed by atoms with Crippen LogP contribution in [0.3, 0.4) is 0 Å². The highest BCUT2D eigenvalue weighted by Crippen LogP contribution is 2.42. The zero-order chi connectivity index (χ0) is 13.6. The Hall–Kier alpha value is -0.160. The van der Waals surface area contributed by atoms with E-state index in [0.717, 1.165) is 17.4 Å². The minimum atomic E-state index is 0.304.